The van der Waals surface area contributed by atoms with Crippen LogP contribution in [-0.2, 0) is 0 Å². The van der Waals surface area contributed by atoms with Crippen LogP contribution in [0.2, 0.25) is 5.28 Å². The zero-order valence-corrected chi connectivity index (χ0v) is 14.5. The highest BCUT2D eigenvalue weighted by Gasteiger charge is 2.11. The Kier molecular flexibility index (Phi) is 5.36. The fraction of sp³-hybridized carbons (Fsp3) is 0.357. The first kappa shape index (κ1) is 16.0. The van der Waals surface area contributed by atoms with Crippen molar-refractivity contribution in [2.75, 3.05) is 23.3 Å². The molecular weight excluding hydrogens is 354 g/mol. The fourth-order valence-corrected chi connectivity index (χ4v) is 2.43. The van der Waals surface area contributed by atoms with Crippen LogP contribution in [0.4, 0.5) is 17.6 Å². The van der Waals surface area contributed by atoms with Crippen LogP contribution in [0.15, 0.2) is 22.7 Å². The maximum absolute atomic E-state index is 6.00. The van der Waals surface area contributed by atoms with Crippen LogP contribution >= 0.6 is 27.5 Å². The van der Waals surface area contributed by atoms with Crippen molar-refractivity contribution in [2.24, 2.45) is 0 Å². The second kappa shape index (κ2) is 7.04. The highest BCUT2D eigenvalue weighted by molar-refractivity contribution is 9.10. The van der Waals surface area contributed by atoms with Crippen molar-refractivity contribution in [3.8, 4) is 0 Å². The minimum atomic E-state index is 0.179. The summed E-state index contributed by atoms with van der Waals surface area (Å²) in [5.74, 6) is 1.01. The number of halogens is 2. The van der Waals surface area contributed by atoms with Crippen LogP contribution in [-0.4, -0.2) is 28.0 Å². The largest absolute Gasteiger partial charge is 0.341 e. The molecule has 0 amide bonds. The molecule has 1 heterocycles. The van der Waals surface area contributed by atoms with Crippen LogP contribution in [0.5, 0.6) is 0 Å². The van der Waals surface area contributed by atoms with Crippen LogP contribution < -0.4 is 10.2 Å². The summed E-state index contributed by atoms with van der Waals surface area (Å²) < 4.78 is 0.978. The van der Waals surface area contributed by atoms with Crippen LogP contribution in [0, 0.1) is 6.92 Å². The average Bonchev–Trinajstić information content (AvgIpc) is 2.45. The monoisotopic (exact) mass is 369 g/mol. The van der Waals surface area contributed by atoms with E-state index in [-0.39, 0.29) is 5.28 Å². The number of anilines is 3. The lowest BCUT2D eigenvalue weighted by Crippen LogP contribution is -2.24. The number of aromatic nitrogens is 3. The van der Waals surface area contributed by atoms with Gasteiger partial charge in [-0.1, -0.05) is 12.1 Å². The van der Waals surface area contributed by atoms with Crippen molar-refractivity contribution in [3.05, 3.63) is 33.5 Å². The molecule has 2 aromatic rings. The van der Waals surface area contributed by atoms with Gasteiger partial charge in [0.25, 0.3) is 0 Å². The number of rotatable bonds is 5. The highest BCUT2D eigenvalue weighted by atomic mass is 79.9. The topological polar surface area (TPSA) is 53.9 Å². The van der Waals surface area contributed by atoms with Gasteiger partial charge in [-0.15, -0.1) is 0 Å². The second-order valence-electron chi connectivity index (χ2n) is 4.46. The van der Waals surface area contributed by atoms with Gasteiger partial charge in [0.2, 0.25) is 17.2 Å². The fourth-order valence-electron chi connectivity index (χ4n) is 1.91. The minimum absolute atomic E-state index is 0.179. The first-order valence-corrected chi connectivity index (χ1v) is 7.90. The Bertz CT molecular complexity index is 631. The van der Waals surface area contributed by atoms with Gasteiger partial charge in [0.1, 0.15) is 0 Å². The molecule has 2 rings (SSSR count). The Morgan fingerprint density at radius 1 is 1.19 bits per heavy atom. The van der Waals surface area contributed by atoms with Crippen molar-refractivity contribution in [1.82, 2.24) is 15.0 Å². The van der Waals surface area contributed by atoms with Gasteiger partial charge in [0.15, 0.2) is 0 Å². The Hall–Kier alpha value is -1.40. The van der Waals surface area contributed by atoms with E-state index in [1.54, 1.807) is 0 Å². The smallest absolute Gasteiger partial charge is 0.233 e. The second-order valence-corrected chi connectivity index (χ2v) is 5.59. The lowest BCUT2D eigenvalue weighted by Gasteiger charge is -2.19. The molecule has 7 heteroatoms. The summed E-state index contributed by atoms with van der Waals surface area (Å²) in [6.07, 6.45) is 0. The van der Waals surface area contributed by atoms with Gasteiger partial charge < -0.3 is 10.2 Å². The van der Waals surface area contributed by atoms with Crippen LogP contribution in [0.3, 0.4) is 0 Å². The molecule has 0 unspecified atom stereocenters. The molecule has 0 atom stereocenters. The molecule has 1 N–H and O–H groups in total. The van der Waals surface area contributed by atoms with Gasteiger partial charge in [0, 0.05) is 17.6 Å². The van der Waals surface area contributed by atoms with Crippen molar-refractivity contribution in [1.29, 1.82) is 0 Å². The molecule has 0 saturated carbocycles. The highest BCUT2D eigenvalue weighted by Crippen LogP contribution is 2.28. The van der Waals surface area contributed by atoms with Crippen molar-refractivity contribution < 1.29 is 0 Å². The summed E-state index contributed by atoms with van der Waals surface area (Å²) >= 11 is 9.56. The summed E-state index contributed by atoms with van der Waals surface area (Å²) in [5, 5.41) is 3.36. The molecule has 0 aliphatic rings. The number of hydrogen-bond acceptors (Lipinski definition) is 5. The van der Waals surface area contributed by atoms with Crippen molar-refractivity contribution >= 4 is 45.1 Å². The van der Waals surface area contributed by atoms with E-state index < -0.39 is 0 Å². The van der Waals surface area contributed by atoms with E-state index in [1.165, 1.54) is 0 Å². The summed E-state index contributed by atoms with van der Waals surface area (Å²) in [5.41, 5.74) is 2.02. The maximum Gasteiger partial charge on any atom is 0.233 e. The SMILES string of the molecule is CCN(CC)c1nc(Cl)nc(Nc2cccc(C)c2Br)n1. The number of aryl methyl sites for hydroxylation is 1. The van der Waals surface area contributed by atoms with E-state index in [1.807, 2.05) is 43.9 Å². The summed E-state index contributed by atoms with van der Waals surface area (Å²) in [7, 11) is 0. The van der Waals surface area contributed by atoms with Crippen LogP contribution in [0.1, 0.15) is 19.4 Å². The predicted molar refractivity (Wildman–Crippen MR) is 90.6 cm³/mol. The third-order valence-electron chi connectivity index (χ3n) is 3.08. The normalized spacial score (nSPS) is 10.5. The van der Waals surface area contributed by atoms with E-state index in [2.05, 4.69) is 36.2 Å². The Morgan fingerprint density at radius 2 is 1.90 bits per heavy atom. The van der Waals surface area contributed by atoms with Crippen molar-refractivity contribution in [3.63, 3.8) is 0 Å². The average molecular weight is 371 g/mol. The Morgan fingerprint density at radius 3 is 2.57 bits per heavy atom. The summed E-state index contributed by atoms with van der Waals surface area (Å²) in [4.78, 5) is 14.8. The van der Waals surface area contributed by atoms with E-state index in [9.17, 15) is 0 Å². The molecule has 0 spiro atoms. The zero-order chi connectivity index (χ0) is 15.4. The molecule has 0 bridgehead atoms. The molecular formula is C14H17BrClN5. The van der Waals surface area contributed by atoms with E-state index in [4.69, 9.17) is 11.6 Å². The molecule has 0 aliphatic carbocycles. The number of hydrogen-bond donors (Lipinski definition) is 1. The quantitative estimate of drug-likeness (QED) is 0.855. The number of nitrogens with one attached hydrogen (secondary N) is 1. The molecule has 0 saturated heterocycles. The Balaban J connectivity index is 2.34. The van der Waals surface area contributed by atoms with Crippen molar-refractivity contribution in [2.45, 2.75) is 20.8 Å². The van der Waals surface area contributed by atoms with Gasteiger partial charge >= 0.3 is 0 Å². The zero-order valence-electron chi connectivity index (χ0n) is 12.2. The number of benzene rings is 1. The lowest BCUT2D eigenvalue weighted by atomic mass is 10.2. The van der Waals surface area contributed by atoms with E-state index in [0.717, 1.165) is 28.8 Å². The predicted octanol–water partition coefficient (Wildman–Crippen LogP) is 4.19. The summed E-state index contributed by atoms with van der Waals surface area (Å²) in [6.45, 7) is 7.74. The third kappa shape index (κ3) is 3.83. The molecule has 0 radical (unpaired) electrons. The molecule has 112 valence electrons. The van der Waals surface area contributed by atoms with Gasteiger partial charge in [-0.05, 0) is 59.9 Å². The van der Waals surface area contributed by atoms with Gasteiger partial charge in [-0.3, -0.25) is 0 Å². The number of nitrogens with zero attached hydrogens (tertiary/aromatic N) is 4. The lowest BCUT2D eigenvalue weighted by molar-refractivity contribution is 0.814. The van der Waals surface area contributed by atoms with E-state index >= 15 is 0 Å². The minimum Gasteiger partial charge on any atom is -0.341 e. The first-order chi connectivity index (χ1) is 10.0. The molecule has 1 aromatic carbocycles. The third-order valence-corrected chi connectivity index (χ3v) is 4.30. The van der Waals surface area contributed by atoms with Gasteiger partial charge in [-0.2, -0.15) is 15.0 Å². The van der Waals surface area contributed by atoms with E-state index in [0.29, 0.717) is 11.9 Å². The summed E-state index contributed by atoms with van der Waals surface area (Å²) in [6, 6.07) is 5.94. The maximum atomic E-state index is 6.00. The molecule has 1 aromatic heterocycles. The molecule has 0 aliphatic heterocycles. The molecule has 21 heavy (non-hydrogen) atoms. The Labute approximate surface area is 137 Å². The molecule has 5 nitrogen and oxygen atoms in total. The standard InChI is InChI=1S/C14H17BrClN5/c1-4-21(5-2)14-19-12(16)18-13(20-14)17-10-8-6-7-9(3)11(10)15/h6-8H,4-5H2,1-3H3,(H,17,18,19,20). The van der Waals surface area contributed by atoms with Gasteiger partial charge in [0.05, 0.1) is 5.69 Å². The van der Waals surface area contributed by atoms with Gasteiger partial charge in [-0.25, -0.2) is 0 Å². The molecule has 0 fully saturated rings. The first-order valence-electron chi connectivity index (χ1n) is 6.73. The van der Waals surface area contributed by atoms with Crippen LogP contribution in [0.25, 0.3) is 0 Å².